The maximum Gasteiger partial charge on any atom is 0.263 e. The first-order valence-corrected chi connectivity index (χ1v) is 11.5. The SMILES string of the molecule is O=C(CSc1nc2sc3c(c2c(=O)n1Cc1ccco1)CCC3)NCc1ccco1. The van der Waals surface area contributed by atoms with E-state index >= 15 is 0 Å². The number of aromatic nitrogens is 2. The number of fused-ring (bicyclic) bond motifs is 3. The number of thiophene rings is 1. The highest BCUT2D eigenvalue weighted by atomic mass is 32.2. The number of aryl methyl sites for hydroxylation is 2. The van der Waals surface area contributed by atoms with E-state index in [2.05, 4.69) is 5.32 Å². The molecule has 0 atom stereocenters. The third-order valence-corrected chi connectivity index (χ3v) is 7.22. The van der Waals surface area contributed by atoms with E-state index in [0.29, 0.717) is 23.2 Å². The van der Waals surface area contributed by atoms with Crippen molar-refractivity contribution in [2.75, 3.05) is 5.75 Å². The molecule has 0 aliphatic heterocycles. The lowest BCUT2D eigenvalue weighted by Crippen LogP contribution is -2.27. The quantitative estimate of drug-likeness (QED) is 0.348. The zero-order valence-corrected chi connectivity index (χ0v) is 17.7. The average molecular weight is 442 g/mol. The van der Waals surface area contributed by atoms with Gasteiger partial charge in [-0.3, -0.25) is 14.2 Å². The minimum atomic E-state index is -0.149. The fourth-order valence-corrected chi connectivity index (χ4v) is 5.78. The molecule has 0 spiro atoms. The van der Waals surface area contributed by atoms with Gasteiger partial charge in [0.05, 0.1) is 36.8 Å². The summed E-state index contributed by atoms with van der Waals surface area (Å²) in [6, 6.07) is 7.21. The maximum atomic E-state index is 13.4. The summed E-state index contributed by atoms with van der Waals surface area (Å²) in [5.74, 6) is 1.37. The molecular formula is C21H19N3O4S2. The molecular weight excluding hydrogens is 422 g/mol. The number of nitrogens with zero attached hydrogens (tertiary/aromatic N) is 2. The van der Waals surface area contributed by atoms with Crippen molar-refractivity contribution in [3.63, 3.8) is 0 Å². The van der Waals surface area contributed by atoms with Crippen LogP contribution in [-0.2, 0) is 30.7 Å². The van der Waals surface area contributed by atoms with Crippen molar-refractivity contribution in [3.05, 3.63) is 69.1 Å². The van der Waals surface area contributed by atoms with Gasteiger partial charge in [0.15, 0.2) is 5.16 Å². The van der Waals surface area contributed by atoms with Crippen LogP contribution in [0.4, 0.5) is 0 Å². The molecule has 0 bridgehead atoms. The van der Waals surface area contributed by atoms with Gasteiger partial charge in [-0.2, -0.15) is 0 Å². The third kappa shape index (κ3) is 3.70. The van der Waals surface area contributed by atoms with Gasteiger partial charge in [-0.05, 0) is 49.1 Å². The number of furan rings is 2. The smallest absolute Gasteiger partial charge is 0.263 e. The van der Waals surface area contributed by atoms with Crippen LogP contribution in [0.2, 0.25) is 0 Å². The zero-order valence-electron chi connectivity index (χ0n) is 16.1. The molecule has 0 unspecified atom stereocenters. The Morgan fingerprint density at radius 1 is 1.20 bits per heavy atom. The lowest BCUT2D eigenvalue weighted by atomic mass is 10.2. The Balaban J connectivity index is 1.42. The van der Waals surface area contributed by atoms with Crippen LogP contribution in [0.3, 0.4) is 0 Å². The Hall–Kier alpha value is -2.78. The molecule has 0 saturated heterocycles. The number of thioether (sulfide) groups is 1. The number of hydrogen-bond donors (Lipinski definition) is 1. The Kier molecular flexibility index (Phi) is 5.22. The van der Waals surface area contributed by atoms with Gasteiger partial charge in [0.25, 0.3) is 5.56 Å². The monoisotopic (exact) mass is 441 g/mol. The molecule has 0 fully saturated rings. The van der Waals surface area contributed by atoms with Gasteiger partial charge in [-0.1, -0.05) is 11.8 Å². The first-order chi connectivity index (χ1) is 14.7. The van der Waals surface area contributed by atoms with E-state index in [1.165, 1.54) is 16.6 Å². The highest BCUT2D eigenvalue weighted by Gasteiger charge is 2.24. The molecule has 0 radical (unpaired) electrons. The van der Waals surface area contributed by atoms with Crippen molar-refractivity contribution < 1.29 is 13.6 Å². The predicted molar refractivity (Wildman–Crippen MR) is 115 cm³/mol. The van der Waals surface area contributed by atoms with E-state index in [-0.39, 0.29) is 23.8 Å². The Morgan fingerprint density at radius 3 is 2.77 bits per heavy atom. The number of amides is 1. The van der Waals surface area contributed by atoms with Gasteiger partial charge < -0.3 is 14.2 Å². The molecule has 4 heterocycles. The zero-order chi connectivity index (χ0) is 20.5. The first-order valence-electron chi connectivity index (χ1n) is 9.68. The fourth-order valence-electron chi connectivity index (χ4n) is 3.65. The lowest BCUT2D eigenvalue weighted by molar-refractivity contribution is -0.118. The van der Waals surface area contributed by atoms with Gasteiger partial charge in [-0.15, -0.1) is 11.3 Å². The summed E-state index contributed by atoms with van der Waals surface area (Å²) >= 11 is 2.86. The van der Waals surface area contributed by atoms with Crippen LogP contribution in [0.1, 0.15) is 28.4 Å². The van der Waals surface area contributed by atoms with Gasteiger partial charge in [0.1, 0.15) is 16.4 Å². The van der Waals surface area contributed by atoms with Gasteiger partial charge in [0, 0.05) is 4.88 Å². The molecule has 9 heteroatoms. The van der Waals surface area contributed by atoms with E-state index in [0.717, 1.165) is 35.0 Å². The van der Waals surface area contributed by atoms with Crippen LogP contribution < -0.4 is 10.9 Å². The first kappa shape index (κ1) is 19.2. The number of carbonyl (C=O) groups is 1. The summed E-state index contributed by atoms with van der Waals surface area (Å²) in [7, 11) is 0. The highest BCUT2D eigenvalue weighted by molar-refractivity contribution is 7.99. The topological polar surface area (TPSA) is 90.3 Å². The van der Waals surface area contributed by atoms with Crippen LogP contribution in [0, 0.1) is 0 Å². The summed E-state index contributed by atoms with van der Waals surface area (Å²) in [6.07, 6.45) is 6.17. The summed E-state index contributed by atoms with van der Waals surface area (Å²) < 4.78 is 12.3. The van der Waals surface area contributed by atoms with Crippen molar-refractivity contribution in [3.8, 4) is 0 Å². The van der Waals surface area contributed by atoms with E-state index in [1.54, 1.807) is 46.6 Å². The van der Waals surface area contributed by atoms with Crippen molar-refractivity contribution in [2.24, 2.45) is 0 Å². The van der Waals surface area contributed by atoms with Crippen molar-refractivity contribution in [1.29, 1.82) is 0 Å². The molecule has 0 saturated carbocycles. The summed E-state index contributed by atoms with van der Waals surface area (Å²) in [5, 5.41) is 4.07. The third-order valence-electron chi connectivity index (χ3n) is 5.06. The van der Waals surface area contributed by atoms with Gasteiger partial charge in [-0.25, -0.2) is 4.98 Å². The second-order valence-corrected chi connectivity index (χ2v) is 9.07. The Bertz CT molecular complexity index is 1240. The van der Waals surface area contributed by atoms with Crippen LogP contribution in [0.5, 0.6) is 0 Å². The standard InChI is InChI=1S/C21H19N3O4S2/c25-17(22-10-13-4-2-8-27-13)12-29-21-23-19-18(15-6-1-7-16(15)30-19)20(26)24(21)11-14-5-3-9-28-14/h2-5,8-9H,1,6-7,10-12H2,(H,22,25). The normalized spacial score (nSPS) is 13.1. The van der Waals surface area contributed by atoms with Crippen LogP contribution in [-0.4, -0.2) is 21.2 Å². The fraction of sp³-hybridized carbons (Fsp3) is 0.286. The highest BCUT2D eigenvalue weighted by Crippen LogP contribution is 2.35. The molecule has 5 rings (SSSR count). The number of hydrogen-bond acceptors (Lipinski definition) is 7. The minimum Gasteiger partial charge on any atom is -0.467 e. The van der Waals surface area contributed by atoms with E-state index in [4.69, 9.17) is 13.8 Å². The van der Waals surface area contributed by atoms with Crippen molar-refractivity contribution >= 4 is 39.2 Å². The Labute approximate surface area is 180 Å². The molecule has 4 aromatic rings. The second kappa shape index (κ2) is 8.16. The second-order valence-electron chi connectivity index (χ2n) is 7.05. The molecule has 4 aromatic heterocycles. The average Bonchev–Trinajstić information content (AvgIpc) is 3.51. The van der Waals surface area contributed by atoms with E-state index < -0.39 is 0 Å². The number of rotatable bonds is 7. The molecule has 1 aliphatic rings. The van der Waals surface area contributed by atoms with Crippen LogP contribution in [0.15, 0.2) is 55.6 Å². The molecule has 1 aliphatic carbocycles. The molecule has 0 aromatic carbocycles. The molecule has 1 amide bonds. The molecule has 30 heavy (non-hydrogen) atoms. The largest absolute Gasteiger partial charge is 0.467 e. The Morgan fingerprint density at radius 2 is 2.00 bits per heavy atom. The molecule has 154 valence electrons. The number of nitrogens with one attached hydrogen (secondary N) is 1. The van der Waals surface area contributed by atoms with Crippen LogP contribution >= 0.6 is 23.1 Å². The van der Waals surface area contributed by atoms with Crippen LogP contribution in [0.25, 0.3) is 10.2 Å². The van der Waals surface area contributed by atoms with E-state index in [1.807, 2.05) is 6.07 Å². The van der Waals surface area contributed by atoms with Crippen molar-refractivity contribution in [2.45, 2.75) is 37.5 Å². The number of carbonyl (C=O) groups excluding carboxylic acids is 1. The molecule has 7 nitrogen and oxygen atoms in total. The predicted octanol–water partition coefficient (Wildman–Crippen LogP) is 3.59. The summed E-state index contributed by atoms with van der Waals surface area (Å²) in [5.41, 5.74) is 1.09. The lowest BCUT2D eigenvalue weighted by Gasteiger charge is -2.11. The van der Waals surface area contributed by atoms with Crippen molar-refractivity contribution in [1.82, 2.24) is 14.9 Å². The van der Waals surface area contributed by atoms with Gasteiger partial charge >= 0.3 is 0 Å². The maximum absolute atomic E-state index is 13.4. The minimum absolute atomic E-state index is 0.0608. The van der Waals surface area contributed by atoms with Gasteiger partial charge in [0.2, 0.25) is 5.91 Å². The van der Waals surface area contributed by atoms with E-state index in [9.17, 15) is 9.59 Å². The molecule has 1 N–H and O–H groups in total. The summed E-state index contributed by atoms with van der Waals surface area (Å²) in [6.45, 7) is 0.617. The summed E-state index contributed by atoms with van der Waals surface area (Å²) in [4.78, 5) is 32.5.